The van der Waals surface area contributed by atoms with Crippen LogP contribution in [-0.4, -0.2) is 57.1 Å². The van der Waals surface area contributed by atoms with Crippen LogP contribution in [0.25, 0.3) is 0 Å². The van der Waals surface area contributed by atoms with Gasteiger partial charge < -0.3 is 10.0 Å². The second kappa shape index (κ2) is 6.82. The van der Waals surface area contributed by atoms with Crippen molar-refractivity contribution in [3.8, 4) is 0 Å². The van der Waals surface area contributed by atoms with Gasteiger partial charge in [0.15, 0.2) is 0 Å². The number of hydrogen-bond donors (Lipinski definition) is 1. The molecule has 1 amide bonds. The van der Waals surface area contributed by atoms with E-state index in [0.29, 0.717) is 6.42 Å². The quantitative estimate of drug-likeness (QED) is 0.896. The Morgan fingerprint density at radius 3 is 2.62 bits per heavy atom. The zero-order valence-electron chi connectivity index (χ0n) is 15.1. The van der Waals surface area contributed by atoms with Crippen LogP contribution in [0.15, 0.2) is 54.9 Å². The van der Waals surface area contributed by atoms with Crippen LogP contribution in [0, 0.1) is 0 Å². The average Bonchev–Trinajstić information content (AvgIpc) is 2.64. The highest BCUT2D eigenvalue weighted by atomic mass is 16.3. The van der Waals surface area contributed by atoms with Crippen LogP contribution in [0.5, 0.6) is 0 Å². The third kappa shape index (κ3) is 2.63. The van der Waals surface area contributed by atoms with E-state index in [4.69, 9.17) is 0 Å². The molecule has 3 heterocycles. The number of carbonyl (C=O) groups is 1. The monoisotopic (exact) mass is 351 g/mol. The molecule has 1 spiro atoms. The van der Waals surface area contributed by atoms with Gasteiger partial charge in [-0.3, -0.25) is 14.7 Å². The van der Waals surface area contributed by atoms with Crippen molar-refractivity contribution in [2.45, 2.75) is 37.4 Å². The molecule has 5 nitrogen and oxygen atoms in total. The molecule has 2 atom stereocenters. The van der Waals surface area contributed by atoms with Crippen molar-refractivity contribution in [1.82, 2.24) is 14.8 Å². The van der Waals surface area contributed by atoms with Crippen LogP contribution in [0.4, 0.5) is 0 Å². The fraction of sp³-hybridized carbons (Fsp3) is 0.429. The van der Waals surface area contributed by atoms with Gasteiger partial charge in [0.05, 0.1) is 18.2 Å². The number of hydrogen-bond acceptors (Lipinski definition) is 4. The summed E-state index contributed by atoms with van der Waals surface area (Å²) in [5, 5.41) is 9.97. The number of amides is 1. The molecule has 2 aromatic rings. The maximum atomic E-state index is 12.6. The predicted molar refractivity (Wildman–Crippen MR) is 99.4 cm³/mol. The second-order valence-corrected chi connectivity index (χ2v) is 7.37. The summed E-state index contributed by atoms with van der Waals surface area (Å²) in [5.41, 5.74) is 2.21. The molecule has 5 heteroatoms. The van der Waals surface area contributed by atoms with Gasteiger partial charge in [-0.1, -0.05) is 43.3 Å². The Morgan fingerprint density at radius 1 is 1.23 bits per heavy atom. The zero-order chi connectivity index (χ0) is 18.1. The number of nitrogens with zero attached hydrogens (tertiary/aromatic N) is 3. The number of carbonyl (C=O) groups excluding carboxylic acids is 1. The number of rotatable bonds is 5. The van der Waals surface area contributed by atoms with Crippen molar-refractivity contribution in [1.29, 1.82) is 0 Å². The lowest BCUT2D eigenvalue weighted by molar-refractivity contribution is -0.201. The first-order valence-corrected chi connectivity index (χ1v) is 9.29. The van der Waals surface area contributed by atoms with E-state index < -0.39 is 0 Å². The average molecular weight is 351 g/mol. The van der Waals surface area contributed by atoms with Crippen LogP contribution in [0.1, 0.15) is 30.4 Å². The molecular weight excluding hydrogens is 326 g/mol. The van der Waals surface area contributed by atoms with Crippen molar-refractivity contribution in [2.24, 2.45) is 0 Å². The normalized spacial score (nSPS) is 24.2. The molecular formula is C21H25N3O2. The van der Waals surface area contributed by atoms with Gasteiger partial charge in [0.1, 0.15) is 0 Å². The van der Waals surface area contributed by atoms with Gasteiger partial charge in [0.25, 0.3) is 0 Å². The summed E-state index contributed by atoms with van der Waals surface area (Å²) in [6.07, 6.45) is 4.15. The van der Waals surface area contributed by atoms with Gasteiger partial charge in [0, 0.05) is 44.4 Å². The van der Waals surface area contributed by atoms with Gasteiger partial charge in [-0.05, 0) is 17.2 Å². The fourth-order valence-corrected chi connectivity index (χ4v) is 4.83. The molecule has 2 aliphatic rings. The molecule has 26 heavy (non-hydrogen) atoms. The Bertz CT molecular complexity index is 759. The lowest BCUT2D eigenvalue weighted by atomic mass is 9.60. The number of benzene rings is 1. The van der Waals surface area contributed by atoms with Crippen molar-refractivity contribution in [2.75, 3.05) is 19.7 Å². The lowest BCUT2D eigenvalue weighted by Gasteiger charge is -2.70. The van der Waals surface area contributed by atoms with Crippen LogP contribution in [0.2, 0.25) is 0 Å². The highest BCUT2D eigenvalue weighted by molar-refractivity contribution is 5.79. The maximum Gasteiger partial charge on any atom is 0.223 e. The maximum absolute atomic E-state index is 12.6. The van der Waals surface area contributed by atoms with Gasteiger partial charge in [-0.15, -0.1) is 0 Å². The molecule has 0 saturated carbocycles. The summed E-state index contributed by atoms with van der Waals surface area (Å²) in [4.78, 5) is 21.1. The number of aliphatic hydroxyl groups is 1. The smallest absolute Gasteiger partial charge is 0.223 e. The number of pyridine rings is 1. The first-order chi connectivity index (χ1) is 12.7. The Morgan fingerprint density at radius 2 is 2.00 bits per heavy atom. The summed E-state index contributed by atoms with van der Waals surface area (Å²) in [6.45, 7) is 4.42. The molecule has 0 radical (unpaired) electrons. The minimum Gasteiger partial charge on any atom is -0.394 e. The van der Waals surface area contributed by atoms with E-state index in [-0.39, 0.29) is 30.0 Å². The molecule has 0 bridgehead atoms. The summed E-state index contributed by atoms with van der Waals surface area (Å²) < 4.78 is 0. The molecule has 1 aromatic heterocycles. The van der Waals surface area contributed by atoms with Crippen molar-refractivity contribution in [3.63, 3.8) is 0 Å². The minimum atomic E-state index is -0.190. The Kier molecular flexibility index (Phi) is 4.51. The molecule has 0 unspecified atom stereocenters. The predicted octanol–water partition coefficient (Wildman–Crippen LogP) is 2.03. The van der Waals surface area contributed by atoms with E-state index in [0.717, 1.165) is 19.6 Å². The molecule has 4 rings (SSSR count). The topological polar surface area (TPSA) is 56.7 Å². The van der Waals surface area contributed by atoms with E-state index >= 15 is 0 Å². The Labute approximate surface area is 154 Å². The van der Waals surface area contributed by atoms with Crippen LogP contribution in [0.3, 0.4) is 0 Å². The van der Waals surface area contributed by atoms with E-state index in [1.807, 2.05) is 42.3 Å². The molecule has 136 valence electrons. The standard InChI is InChI=1S/C21H25N3O2/c1-2-19(26)24-18(13-25)20(17-8-4-3-5-9-17)21(24)14-23(15-21)12-16-7-6-10-22-11-16/h3-11,18,20,25H,2,12-15H2,1H3/t18-,20-/m1/s1. The van der Waals surface area contributed by atoms with Crippen molar-refractivity contribution >= 4 is 5.91 Å². The van der Waals surface area contributed by atoms with Gasteiger partial charge >= 0.3 is 0 Å². The number of likely N-dealkylation sites (tertiary alicyclic amines) is 2. The number of aromatic nitrogens is 1. The number of aliphatic hydroxyl groups excluding tert-OH is 1. The molecule has 1 aromatic carbocycles. The summed E-state index contributed by atoms with van der Waals surface area (Å²) >= 11 is 0. The van der Waals surface area contributed by atoms with Crippen molar-refractivity contribution in [3.05, 3.63) is 66.0 Å². The van der Waals surface area contributed by atoms with Gasteiger partial charge in [-0.25, -0.2) is 0 Å². The van der Waals surface area contributed by atoms with Crippen molar-refractivity contribution < 1.29 is 9.90 Å². The largest absolute Gasteiger partial charge is 0.394 e. The SMILES string of the molecule is CCC(=O)N1[C@H](CO)[C@@H](c2ccccc2)C12CN(Cc1cccnc1)C2. The van der Waals surface area contributed by atoms with E-state index in [2.05, 4.69) is 28.1 Å². The molecule has 1 N–H and O–H groups in total. The fourth-order valence-electron chi connectivity index (χ4n) is 4.83. The second-order valence-electron chi connectivity index (χ2n) is 7.37. The third-order valence-electron chi connectivity index (χ3n) is 5.82. The first-order valence-electron chi connectivity index (χ1n) is 9.29. The first kappa shape index (κ1) is 17.2. The van der Waals surface area contributed by atoms with Crippen LogP contribution >= 0.6 is 0 Å². The third-order valence-corrected chi connectivity index (χ3v) is 5.82. The summed E-state index contributed by atoms with van der Waals surface area (Å²) in [7, 11) is 0. The molecule has 2 saturated heterocycles. The molecule has 0 aliphatic carbocycles. The summed E-state index contributed by atoms with van der Waals surface area (Å²) in [6, 6.07) is 14.2. The van der Waals surface area contributed by atoms with Gasteiger partial charge in [-0.2, -0.15) is 0 Å². The van der Waals surface area contributed by atoms with Gasteiger partial charge in [0.2, 0.25) is 5.91 Å². The Balaban J connectivity index is 1.58. The van der Waals surface area contributed by atoms with E-state index in [1.54, 1.807) is 6.20 Å². The van der Waals surface area contributed by atoms with Crippen LogP contribution < -0.4 is 0 Å². The van der Waals surface area contributed by atoms with E-state index in [1.165, 1.54) is 11.1 Å². The summed E-state index contributed by atoms with van der Waals surface area (Å²) in [5.74, 6) is 0.326. The zero-order valence-corrected chi connectivity index (χ0v) is 15.1. The highest BCUT2D eigenvalue weighted by Gasteiger charge is 2.66. The Hall–Kier alpha value is -2.24. The lowest BCUT2D eigenvalue weighted by Crippen LogP contribution is -2.85. The van der Waals surface area contributed by atoms with Crippen LogP contribution in [-0.2, 0) is 11.3 Å². The molecule has 2 aliphatic heterocycles. The highest BCUT2D eigenvalue weighted by Crippen LogP contribution is 2.54. The van der Waals surface area contributed by atoms with E-state index in [9.17, 15) is 9.90 Å². The molecule has 2 fully saturated rings. The minimum absolute atomic E-state index is 0.00958.